The average molecular weight is 240 g/mol. The lowest BCUT2D eigenvalue weighted by molar-refractivity contribution is 0.199. The van der Waals surface area contributed by atoms with Crippen molar-refractivity contribution in [1.82, 2.24) is 0 Å². The Bertz CT molecular complexity index is 304. The monoisotopic (exact) mass is 240 g/mol. The Morgan fingerprint density at radius 2 is 2.13 bits per heavy atom. The Hall–Kier alpha value is -0.0400. The molecule has 0 saturated carbocycles. The summed E-state index contributed by atoms with van der Waals surface area (Å²) in [4.78, 5) is 1.36. The standard InChI is InChI=1S/C12H17OPS/c1-9(14)10-2-4-11(5-3-10)15-12-6-7-13-8-12/h2-5,9,12H,6-8,14H2,1H3. The van der Waals surface area contributed by atoms with Crippen LogP contribution in [0.15, 0.2) is 29.2 Å². The third-order valence-corrected chi connectivity index (χ3v) is 4.23. The fourth-order valence-electron chi connectivity index (χ4n) is 1.65. The largest absolute Gasteiger partial charge is 0.380 e. The number of ether oxygens (including phenoxy) is 1. The number of thioether (sulfide) groups is 1. The molecule has 1 aromatic carbocycles. The smallest absolute Gasteiger partial charge is 0.0589 e. The maximum atomic E-state index is 5.37. The van der Waals surface area contributed by atoms with Gasteiger partial charge in [-0.3, -0.25) is 0 Å². The van der Waals surface area contributed by atoms with Gasteiger partial charge < -0.3 is 4.74 Å². The first kappa shape index (κ1) is 11.4. The number of rotatable bonds is 3. The first-order chi connectivity index (χ1) is 7.25. The summed E-state index contributed by atoms with van der Waals surface area (Å²) >= 11 is 1.94. The summed E-state index contributed by atoms with van der Waals surface area (Å²) < 4.78 is 5.37. The van der Waals surface area contributed by atoms with Gasteiger partial charge in [-0.05, 0) is 29.8 Å². The zero-order valence-corrected chi connectivity index (χ0v) is 11.0. The van der Waals surface area contributed by atoms with Crippen LogP contribution >= 0.6 is 21.0 Å². The minimum atomic E-state index is 0.541. The molecule has 0 aromatic heterocycles. The zero-order chi connectivity index (χ0) is 10.7. The highest BCUT2D eigenvalue weighted by molar-refractivity contribution is 8.00. The minimum Gasteiger partial charge on any atom is -0.380 e. The molecule has 1 aromatic rings. The van der Waals surface area contributed by atoms with Crippen molar-refractivity contribution in [1.29, 1.82) is 0 Å². The molecule has 0 spiro atoms. The van der Waals surface area contributed by atoms with E-state index in [2.05, 4.69) is 40.4 Å². The molecule has 3 heteroatoms. The van der Waals surface area contributed by atoms with Gasteiger partial charge in [-0.25, -0.2) is 0 Å². The normalized spacial score (nSPS) is 22.9. The van der Waals surface area contributed by atoms with Crippen molar-refractivity contribution in [2.45, 2.75) is 29.1 Å². The van der Waals surface area contributed by atoms with E-state index < -0.39 is 0 Å². The lowest BCUT2D eigenvalue weighted by atomic mass is 10.2. The molecular weight excluding hydrogens is 223 g/mol. The van der Waals surface area contributed by atoms with E-state index >= 15 is 0 Å². The SMILES string of the molecule is CC(P)c1ccc(SC2CCOC2)cc1. The van der Waals surface area contributed by atoms with Crippen LogP contribution in [0.4, 0.5) is 0 Å². The van der Waals surface area contributed by atoms with E-state index in [4.69, 9.17) is 4.74 Å². The Morgan fingerprint density at radius 3 is 2.67 bits per heavy atom. The van der Waals surface area contributed by atoms with Gasteiger partial charge in [0.1, 0.15) is 0 Å². The number of hydrogen-bond acceptors (Lipinski definition) is 2. The summed E-state index contributed by atoms with van der Waals surface area (Å²) in [6.07, 6.45) is 1.19. The Balaban J connectivity index is 1.97. The quantitative estimate of drug-likeness (QED) is 0.748. The van der Waals surface area contributed by atoms with Crippen LogP contribution in [0.2, 0.25) is 0 Å². The van der Waals surface area contributed by atoms with Crippen molar-refractivity contribution in [2.75, 3.05) is 13.2 Å². The topological polar surface area (TPSA) is 9.23 Å². The summed E-state index contributed by atoms with van der Waals surface area (Å²) in [6.45, 7) is 4.03. The van der Waals surface area contributed by atoms with Crippen molar-refractivity contribution in [3.05, 3.63) is 29.8 Å². The summed E-state index contributed by atoms with van der Waals surface area (Å²) in [5.41, 5.74) is 1.92. The van der Waals surface area contributed by atoms with Crippen molar-refractivity contribution in [3.8, 4) is 0 Å². The lowest BCUT2D eigenvalue weighted by Gasteiger charge is -2.09. The van der Waals surface area contributed by atoms with Crippen molar-refractivity contribution >= 4 is 21.0 Å². The van der Waals surface area contributed by atoms with Crippen LogP contribution in [-0.2, 0) is 4.74 Å². The summed E-state index contributed by atoms with van der Waals surface area (Å²) in [5.74, 6) is 0. The van der Waals surface area contributed by atoms with Crippen LogP contribution < -0.4 is 0 Å². The highest BCUT2D eigenvalue weighted by Crippen LogP contribution is 2.30. The number of benzene rings is 1. The van der Waals surface area contributed by atoms with Gasteiger partial charge in [0.25, 0.3) is 0 Å². The maximum Gasteiger partial charge on any atom is 0.0589 e. The molecule has 0 aliphatic carbocycles. The van der Waals surface area contributed by atoms with E-state index in [1.807, 2.05) is 11.8 Å². The van der Waals surface area contributed by atoms with Crippen LogP contribution in [0, 0.1) is 0 Å². The lowest BCUT2D eigenvalue weighted by Crippen LogP contribution is -1.99. The fraction of sp³-hybridized carbons (Fsp3) is 0.500. The van der Waals surface area contributed by atoms with Gasteiger partial charge in [0.15, 0.2) is 0 Å². The highest BCUT2D eigenvalue weighted by Gasteiger charge is 2.16. The predicted molar refractivity (Wildman–Crippen MR) is 69.6 cm³/mol. The van der Waals surface area contributed by atoms with Crippen LogP contribution in [0.25, 0.3) is 0 Å². The second-order valence-electron chi connectivity index (χ2n) is 3.96. The van der Waals surface area contributed by atoms with Crippen LogP contribution in [0.3, 0.4) is 0 Å². The molecule has 15 heavy (non-hydrogen) atoms. The fourth-order valence-corrected chi connectivity index (χ4v) is 2.93. The molecule has 0 N–H and O–H groups in total. The molecule has 0 radical (unpaired) electrons. The summed E-state index contributed by atoms with van der Waals surface area (Å²) in [6, 6.07) is 8.88. The van der Waals surface area contributed by atoms with E-state index in [1.54, 1.807) is 0 Å². The molecule has 2 rings (SSSR count). The molecule has 1 nitrogen and oxygen atoms in total. The Labute approximate surface area is 98.2 Å². The molecule has 0 bridgehead atoms. The van der Waals surface area contributed by atoms with Gasteiger partial charge in [0, 0.05) is 16.8 Å². The zero-order valence-electron chi connectivity index (χ0n) is 8.98. The van der Waals surface area contributed by atoms with Crippen molar-refractivity contribution in [3.63, 3.8) is 0 Å². The number of hydrogen-bond donors (Lipinski definition) is 0. The van der Waals surface area contributed by atoms with E-state index in [0.29, 0.717) is 10.9 Å². The summed E-state index contributed by atoms with van der Waals surface area (Å²) in [5, 5.41) is 0.657. The maximum absolute atomic E-state index is 5.37. The average Bonchev–Trinajstić information content (AvgIpc) is 2.71. The van der Waals surface area contributed by atoms with Gasteiger partial charge in [0.2, 0.25) is 0 Å². The van der Waals surface area contributed by atoms with Gasteiger partial charge in [-0.1, -0.05) is 19.1 Å². The minimum absolute atomic E-state index is 0.541. The van der Waals surface area contributed by atoms with Gasteiger partial charge in [-0.2, -0.15) is 0 Å². The molecule has 82 valence electrons. The van der Waals surface area contributed by atoms with E-state index in [-0.39, 0.29) is 0 Å². The van der Waals surface area contributed by atoms with Gasteiger partial charge in [-0.15, -0.1) is 21.0 Å². The van der Waals surface area contributed by atoms with Crippen LogP contribution in [-0.4, -0.2) is 18.5 Å². The van der Waals surface area contributed by atoms with Crippen molar-refractivity contribution < 1.29 is 4.74 Å². The third-order valence-electron chi connectivity index (χ3n) is 2.60. The van der Waals surface area contributed by atoms with Gasteiger partial charge in [0.05, 0.1) is 6.61 Å². The molecule has 1 aliphatic heterocycles. The predicted octanol–water partition coefficient (Wildman–Crippen LogP) is 3.50. The van der Waals surface area contributed by atoms with E-state index in [9.17, 15) is 0 Å². The summed E-state index contributed by atoms with van der Waals surface area (Å²) in [7, 11) is 2.82. The van der Waals surface area contributed by atoms with Gasteiger partial charge >= 0.3 is 0 Å². The molecule has 1 fully saturated rings. The van der Waals surface area contributed by atoms with E-state index in [1.165, 1.54) is 16.9 Å². The second-order valence-corrected chi connectivity index (χ2v) is 6.33. The van der Waals surface area contributed by atoms with Crippen LogP contribution in [0.1, 0.15) is 24.6 Å². The molecule has 1 heterocycles. The molecule has 1 saturated heterocycles. The first-order valence-corrected chi connectivity index (χ1v) is 6.90. The Morgan fingerprint density at radius 1 is 1.40 bits per heavy atom. The molecule has 0 amide bonds. The Kier molecular flexibility index (Phi) is 4.07. The van der Waals surface area contributed by atoms with Crippen molar-refractivity contribution in [2.24, 2.45) is 0 Å². The first-order valence-electron chi connectivity index (χ1n) is 5.35. The van der Waals surface area contributed by atoms with E-state index in [0.717, 1.165) is 13.2 Å². The third kappa shape index (κ3) is 3.21. The molecular formula is C12H17OPS. The molecule has 3 atom stereocenters. The van der Waals surface area contributed by atoms with Crippen LogP contribution in [0.5, 0.6) is 0 Å². The molecule has 1 aliphatic rings. The second kappa shape index (κ2) is 5.34. The molecule has 3 unspecified atom stereocenters. The highest BCUT2D eigenvalue weighted by atomic mass is 32.2.